The van der Waals surface area contributed by atoms with Crippen molar-refractivity contribution < 1.29 is 0 Å². The maximum Gasteiger partial charge on any atom is 0.000966 e. The van der Waals surface area contributed by atoms with Crippen molar-refractivity contribution >= 4 is 0 Å². The Morgan fingerprint density at radius 2 is 1.38 bits per heavy atom. The maximum atomic E-state index is 2.68. The second kappa shape index (κ2) is 10.1. The predicted octanol–water partition coefficient (Wildman–Crippen LogP) is 4.57. The molecule has 1 aliphatic heterocycles. The second-order valence-corrected chi connectivity index (χ2v) is 4.78. The van der Waals surface area contributed by atoms with Gasteiger partial charge in [-0.1, -0.05) is 41.0 Å². The molecule has 0 aromatic rings. The van der Waals surface area contributed by atoms with Gasteiger partial charge in [-0.05, 0) is 50.6 Å². The molecule has 2 fully saturated rings. The van der Waals surface area contributed by atoms with Crippen LogP contribution in [0.4, 0.5) is 0 Å². The fourth-order valence-electron chi connectivity index (χ4n) is 2.29. The van der Waals surface area contributed by atoms with Crippen LogP contribution in [0.1, 0.15) is 66.7 Å². The van der Waals surface area contributed by atoms with E-state index in [1.165, 1.54) is 51.7 Å². The lowest BCUT2D eigenvalue weighted by Gasteiger charge is -2.36. The Kier molecular flexibility index (Phi) is 10.1. The number of piperidine rings is 1. The quantitative estimate of drug-likeness (QED) is 0.668. The van der Waals surface area contributed by atoms with Gasteiger partial charge in [-0.3, -0.25) is 0 Å². The van der Waals surface area contributed by atoms with Gasteiger partial charge in [0.15, 0.2) is 0 Å². The van der Waals surface area contributed by atoms with Crippen molar-refractivity contribution in [3.05, 3.63) is 0 Å². The Labute approximate surface area is 104 Å². The Balaban J connectivity index is 0.000000509. The summed E-state index contributed by atoms with van der Waals surface area (Å²) in [6.45, 7) is 14.5. The summed E-state index contributed by atoms with van der Waals surface area (Å²) in [6.07, 6.45) is 7.38. The van der Waals surface area contributed by atoms with Crippen LogP contribution in [0.2, 0.25) is 0 Å². The van der Waals surface area contributed by atoms with Crippen LogP contribution in [0.5, 0.6) is 0 Å². The summed E-state index contributed by atoms with van der Waals surface area (Å²) < 4.78 is 0. The van der Waals surface area contributed by atoms with E-state index in [4.69, 9.17) is 0 Å². The summed E-state index contributed by atoms with van der Waals surface area (Å²) in [5.74, 6) is 2.06. The molecule has 0 amide bonds. The molecule has 1 heterocycles. The molecule has 1 saturated carbocycles. The molecule has 2 rings (SSSR count). The van der Waals surface area contributed by atoms with Gasteiger partial charge in [0.05, 0.1) is 0 Å². The van der Waals surface area contributed by atoms with E-state index in [0.29, 0.717) is 0 Å². The van der Waals surface area contributed by atoms with Crippen LogP contribution in [-0.2, 0) is 0 Å². The average Bonchev–Trinajstić information content (AvgIpc) is 2.31. The second-order valence-electron chi connectivity index (χ2n) is 4.78. The minimum absolute atomic E-state index is 0.989. The summed E-state index contributed by atoms with van der Waals surface area (Å²) in [5.41, 5.74) is 0. The summed E-state index contributed by atoms with van der Waals surface area (Å²) in [5, 5.41) is 0. The van der Waals surface area contributed by atoms with E-state index >= 15 is 0 Å². The first-order valence-electron chi connectivity index (χ1n) is 7.57. The molecular weight excluding hydrogens is 194 g/mol. The van der Waals surface area contributed by atoms with Gasteiger partial charge >= 0.3 is 0 Å². The fraction of sp³-hybridized carbons (Fsp3) is 1.00. The Hall–Kier alpha value is -0.0400. The number of likely N-dealkylation sites (tertiary alicyclic amines) is 1. The third-order valence-electron chi connectivity index (χ3n) is 3.62. The van der Waals surface area contributed by atoms with Gasteiger partial charge in [-0.2, -0.15) is 0 Å². The van der Waals surface area contributed by atoms with Gasteiger partial charge in [-0.15, -0.1) is 0 Å². The van der Waals surface area contributed by atoms with Crippen LogP contribution in [0.25, 0.3) is 0 Å². The van der Waals surface area contributed by atoms with E-state index in [2.05, 4.69) is 11.8 Å². The normalized spacial score (nSPS) is 22.3. The van der Waals surface area contributed by atoms with E-state index < -0.39 is 0 Å². The molecule has 0 aromatic carbocycles. The summed E-state index contributed by atoms with van der Waals surface area (Å²) in [6, 6.07) is 0. The summed E-state index contributed by atoms with van der Waals surface area (Å²) >= 11 is 0. The lowest BCUT2D eigenvalue weighted by molar-refractivity contribution is 0.136. The number of hydrogen-bond acceptors (Lipinski definition) is 1. The molecule has 0 bridgehead atoms. The fourth-order valence-corrected chi connectivity index (χ4v) is 2.29. The molecule has 0 N–H and O–H groups in total. The van der Waals surface area contributed by atoms with E-state index in [9.17, 15) is 0 Å². The Morgan fingerprint density at radius 3 is 1.75 bits per heavy atom. The standard InChI is InChI=1S/C11H21N.2C2H6/c1-10-5-7-12(8-6-10)9-11-3-2-4-11;2*1-2/h10-11H,2-9H2,1H3;2*1-2H3. The van der Waals surface area contributed by atoms with Gasteiger partial charge in [0.2, 0.25) is 0 Å². The molecule has 98 valence electrons. The largest absolute Gasteiger partial charge is 0.303 e. The zero-order valence-corrected chi connectivity index (χ0v) is 12.3. The molecule has 0 atom stereocenters. The molecule has 0 radical (unpaired) electrons. The van der Waals surface area contributed by atoms with Gasteiger partial charge in [0, 0.05) is 6.54 Å². The van der Waals surface area contributed by atoms with Crippen molar-refractivity contribution in [1.29, 1.82) is 0 Å². The molecule has 1 heteroatoms. The lowest BCUT2D eigenvalue weighted by atomic mass is 9.84. The van der Waals surface area contributed by atoms with Gasteiger partial charge in [0.25, 0.3) is 0 Å². The zero-order chi connectivity index (χ0) is 12.4. The molecular formula is C15H33N. The molecule has 0 unspecified atom stereocenters. The number of hydrogen-bond donors (Lipinski definition) is 0. The minimum Gasteiger partial charge on any atom is -0.303 e. The van der Waals surface area contributed by atoms with Crippen LogP contribution in [0, 0.1) is 11.8 Å². The first-order valence-corrected chi connectivity index (χ1v) is 7.57. The number of rotatable bonds is 2. The third kappa shape index (κ3) is 5.89. The number of nitrogens with zero attached hydrogens (tertiary/aromatic N) is 1. The van der Waals surface area contributed by atoms with Crippen molar-refractivity contribution in [2.45, 2.75) is 66.7 Å². The van der Waals surface area contributed by atoms with E-state index in [1.54, 1.807) is 0 Å². The highest BCUT2D eigenvalue weighted by Crippen LogP contribution is 2.28. The van der Waals surface area contributed by atoms with Crippen LogP contribution < -0.4 is 0 Å². The van der Waals surface area contributed by atoms with Crippen LogP contribution in [0.3, 0.4) is 0 Å². The Bertz CT molecular complexity index is 132. The van der Waals surface area contributed by atoms with E-state index in [-0.39, 0.29) is 0 Å². The lowest BCUT2D eigenvalue weighted by Crippen LogP contribution is -2.38. The molecule has 1 aliphatic carbocycles. The highest BCUT2D eigenvalue weighted by Gasteiger charge is 2.22. The van der Waals surface area contributed by atoms with Gasteiger partial charge < -0.3 is 4.90 Å². The van der Waals surface area contributed by atoms with Crippen LogP contribution in [-0.4, -0.2) is 24.5 Å². The average molecular weight is 227 g/mol. The maximum absolute atomic E-state index is 2.68. The highest BCUT2D eigenvalue weighted by atomic mass is 15.1. The SMILES string of the molecule is CC.CC.CC1CCN(CC2CCC2)CC1. The molecule has 1 saturated heterocycles. The van der Waals surface area contributed by atoms with Gasteiger partial charge in [-0.25, -0.2) is 0 Å². The van der Waals surface area contributed by atoms with Crippen molar-refractivity contribution in [3.63, 3.8) is 0 Å². The third-order valence-corrected chi connectivity index (χ3v) is 3.62. The van der Waals surface area contributed by atoms with Crippen LogP contribution in [0.15, 0.2) is 0 Å². The smallest absolute Gasteiger partial charge is 0.000966 e. The molecule has 2 aliphatic rings. The van der Waals surface area contributed by atoms with Crippen LogP contribution >= 0.6 is 0 Å². The van der Waals surface area contributed by atoms with Gasteiger partial charge in [0.1, 0.15) is 0 Å². The zero-order valence-electron chi connectivity index (χ0n) is 12.3. The molecule has 0 spiro atoms. The molecule has 16 heavy (non-hydrogen) atoms. The minimum atomic E-state index is 0.989. The monoisotopic (exact) mass is 227 g/mol. The highest BCUT2D eigenvalue weighted by molar-refractivity contribution is 4.76. The van der Waals surface area contributed by atoms with E-state index in [1.807, 2.05) is 27.7 Å². The van der Waals surface area contributed by atoms with Crippen molar-refractivity contribution in [2.75, 3.05) is 19.6 Å². The van der Waals surface area contributed by atoms with E-state index in [0.717, 1.165) is 11.8 Å². The Morgan fingerprint density at radius 1 is 0.875 bits per heavy atom. The summed E-state index contributed by atoms with van der Waals surface area (Å²) in [4.78, 5) is 2.68. The predicted molar refractivity (Wildman–Crippen MR) is 74.9 cm³/mol. The van der Waals surface area contributed by atoms with Crippen molar-refractivity contribution in [3.8, 4) is 0 Å². The topological polar surface area (TPSA) is 3.24 Å². The first kappa shape index (κ1) is 16.0. The first-order chi connectivity index (χ1) is 7.84. The summed E-state index contributed by atoms with van der Waals surface area (Å²) in [7, 11) is 0. The molecule has 1 nitrogen and oxygen atoms in total. The van der Waals surface area contributed by atoms with Crippen molar-refractivity contribution in [1.82, 2.24) is 4.90 Å². The molecule has 0 aromatic heterocycles. The van der Waals surface area contributed by atoms with Crippen molar-refractivity contribution in [2.24, 2.45) is 11.8 Å².